The number of carbonyl (C=O) groups excluding carboxylic acids is 1. The Morgan fingerprint density at radius 2 is 1.95 bits per heavy atom. The summed E-state index contributed by atoms with van der Waals surface area (Å²) in [5.74, 6) is 0. The first-order valence-corrected chi connectivity index (χ1v) is 6.13. The monoisotopic (exact) mass is 256 g/mol. The van der Waals surface area contributed by atoms with E-state index in [1.54, 1.807) is 6.20 Å². The molecule has 1 N–H and O–H groups in total. The number of pyridine rings is 1. The minimum atomic E-state index is -0.122. The molecule has 0 aliphatic rings. The van der Waals surface area contributed by atoms with Crippen molar-refractivity contribution in [1.82, 2.24) is 10.3 Å². The minimum Gasteiger partial charge on any atom is -0.353 e. The molecule has 1 heterocycles. The molecule has 0 spiro atoms. The first-order chi connectivity index (χ1) is 9.40. The molecular weight excluding hydrogens is 240 g/mol. The first kappa shape index (κ1) is 13.2. The van der Waals surface area contributed by atoms with Crippen molar-refractivity contribution in [2.45, 2.75) is 12.5 Å². The van der Waals surface area contributed by atoms with Crippen molar-refractivity contribution in [2.24, 2.45) is 0 Å². The second kappa shape index (κ2) is 7.28. The predicted molar refractivity (Wildman–Crippen MR) is 72.3 cm³/mol. The molecule has 0 radical (unpaired) electrons. The zero-order valence-electron chi connectivity index (χ0n) is 10.5. The van der Waals surface area contributed by atoms with Gasteiger partial charge in [0, 0.05) is 18.3 Å². The molecule has 0 saturated heterocycles. The van der Waals surface area contributed by atoms with Gasteiger partial charge in [-0.05, 0) is 17.7 Å². The average molecular weight is 256 g/mol. The van der Waals surface area contributed by atoms with Crippen LogP contribution < -0.4 is 5.32 Å². The number of hydrogen-bond donors (Lipinski definition) is 1. The van der Waals surface area contributed by atoms with Gasteiger partial charge in [-0.15, -0.1) is 0 Å². The van der Waals surface area contributed by atoms with E-state index in [1.165, 1.54) is 0 Å². The first-order valence-electron chi connectivity index (χ1n) is 6.13. The van der Waals surface area contributed by atoms with Crippen LogP contribution in [0.1, 0.15) is 17.4 Å². The molecular formula is C15H16N2O2. The van der Waals surface area contributed by atoms with Gasteiger partial charge in [-0.2, -0.15) is 0 Å². The second-order valence-electron chi connectivity index (χ2n) is 4.06. The van der Waals surface area contributed by atoms with E-state index in [1.807, 2.05) is 48.5 Å². The summed E-state index contributed by atoms with van der Waals surface area (Å²) < 4.78 is 5.69. The van der Waals surface area contributed by atoms with E-state index >= 15 is 0 Å². The lowest BCUT2D eigenvalue weighted by Gasteiger charge is -2.17. The number of nitrogens with zero attached hydrogens (tertiary/aromatic N) is 1. The molecule has 2 aromatic rings. The Kier molecular flexibility index (Phi) is 5.07. The second-order valence-corrected chi connectivity index (χ2v) is 4.06. The molecule has 1 amide bonds. The summed E-state index contributed by atoms with van der Waals surface area (Å²) in [5, 5.41) is 2.51. The zero-order chi connectivity index (χ0) is 13.3. The molecule has 1 aromatic carbocycles. The summed E-state index contributed by atoms with van der Waals surface area (Å²) in [6.45, 7) is 0.190. The molecule has 1 unspecified atom stereocenters. The van der Waals surface area contributed by atoms with Gasteiger partial charge in [0.2, 0.25) is 6.41 Å². The van der Waals surface area contributed by atoms with Gasteiger partial charge in [-0.1, -0.05) is 36.4 Å². The summed E-state index contributed by atoms with van der Waals surface area (Å²) in [7, 11) is 0. The van der Waals surface area contributed by atoms with Crippen LogP contribution in [0, 0.1) is 0 Å². The lowest BCUT2D eigenvalue weighted by Crippen LogP contribution is -2.19. The Bertz CT molecular complexity index is 488. The third kappa shape index (κ3) is 4.19. The highest BCUT2D eigenvalue weighted by Crippen LogP contribution is 2.20. The van der Waals surface area contributed by atoms with E-state index in [9.17, 15) is 4.79 Å². The summed E-state index contributed by atoms with van der Waals surface area (Å²) >= 11 is 0. The molecule has 1 atom stereocenters. The predicted octanol–water partition coefficient (Wildman–Crippen LogP) is 2.09. The molecule has 2 rings (SSSR count). The smallest absolute Gasteiger partial charge is 0.208 e. The van der Waals surface area contributed by atoms with E-state index in [-0.39, 0.29) is 12.8 Å². The van der Waals surface area contributed by atoms with Gasteiger partial charge in [0.05, 0.1) is 6.10 Å². The van der Waals surface area contributed by atoms with E-state index < -0.39 is 0 Å². The normalized spacial score (nSPS) is 11.8. The maximum absolute atomic E-state index is 10.3. The van der Waals surface area contributed by atoms with Crippen molar-refractivity contribution in [1.29, 1.82) is 0 Å². The Morgan fingerprint density at radius 3 is 2.63 bits per heavy atom. The van der Waals surface area contributed by atoms with Gasteiger partial charge in [0.15, 0.2) is 0 Å². The van der Waals surface area contributed by atoms with Crippen molar-refractivity contribution >= 4 is 6.41 Å². The highest BCUT2D eigenvalue weighted by atomic mass is 16.5. The summed E-state index contributed by atoms with van der Waals surface area (Å²) in [6, 6.07) is 15.7. The van der Waals surface area contributed by atoms with Gasteiger partial charge in [0.25, 0.3) is 0 Å². The van der Waals surface area contributed by atoms with E-state index in [0.29, 0.717) is 12.8 Å². The Balaban J connectivity index is 2.08. The molecule has 98 valence electrons. The van der Waals surface area contributed by atoms with Gasteiger partial charge in [-0.3, -0.25) is 9.78 Å². The molecule has 0 fully saturated rings. The number of benzene rings is 1. The van der Waals surface area contributed by atoms with Crippen LogP contribution in [0.25, 0.3) is 0 Å². The molecule has 4 heteroatoms. The van der Waals surface area contributed by atoms with Crippen molar-refractivity contribution < 1.29 is 9.53 Å². The van der Waals surface area contributed by atoms with Gasteiger partial charge in [-0.25, -0.2) is 0 Å². The fourth-order valence-electron chi connectivity index (χ4n) is 1.83. The number of carbonyl (C=O) groups is 1. The van der Waals surface area contributed by atoms with Crippen LogP contribution in [0.3, 0.4) is 0 Å². The SMILES string of the molecule is O=CNCOC(Cc1ccccn1)c1ccccc1. The van der Waals surface area contributed by atoms with Crippen molar-refractivity contribution in [3.05, 3.63) is 66.0 Å². The molecule has 0 aliphatic heterocycles. The van der Waals surface area contributed by atoms with Crippen molar-refractivity contribution in [3.63, 3.8) is 0 Å². The Morgan fingerprint density at radius 1 is 1.16 bits per heavy atom. The number of amides is 1. The van der Waals surface area contributed by atoms with Gasteiger partial charge < -0.3 is 10.1 Å². The van der Waals surface area contributed by atoms with E-state index in [2.05, 4.69) is 10.3 Å². The lowest BCUT2D eigenvalue weighted by atomic mass is 10.0. The largest absolute Gasteiger partial charge is 0.353 e. The highest BCUT2D eigenvalue weighted by Gasteiger charge is 2.13. The number of rotatable bonds is 7. The van der Waals surface area contributed by atoms with Gasteiger partial charge >= 0.3 is 0 Å². The van der Waals surface area contributed by atoms with E-state index in [4.69, 9.17) is 4.74 Å². The van der Waals surface area contributed by atoms with Crippen LogP contribution in [0.5, 0.6) is 0 Å². The van der Waals surface area contributed by atoms with Crippen molar-refractivity contribution in [3.8, 4) is 0 Å². The average Bonchev–Trinajstić information content (AvgIpc) is 2.48. The summed E-state index contributed by atoms with van der Waals surface area (Å²) in [5.41, 5.74) is 2.03. The molecule has 19 heavy (non-hydrogen) atoms. The third-order valence-corrected chi connectivity index (χ3v) is 2.74. The maximum Gasteiger partial charge on any atom is 0.208 e. The molecule has 1 aromatic heterocycles. The fraction of sp³-hybridized carbons (Fsp3) is 0.200. The van der Waals surface area contributed by atoms with Gasteiger partial charge in [0.1, 0.15) is 6.73 Å². The van der Waals surface area contributed by atoms with Crippen LogP contribution >= 0.6 is 0 Å². The van der Waals surface area contributed by atoms with Crippen molar-refractivity contribution in [2.75, 3.05) is 6.73 Å². The molecule has 0 bridgehead atoms. The standard InChI is InChI=1S/C15H16N2O2/c18-11-16-12-19-15(13-6-2-1-3-7-13)10-14-8-4-5-9-17-14/h1-9,11,15H,10,12H2,(H,16,18). The van der Waals surface area contributed by atoms with Crippen LogP contribution in [0.2, 0.25) is 0 Å². The number of ether oxygens (including phenoxy) is 1. The molecule has 4 nitrogen and oxygen atoms in total. The maximum atomic E-state index is 10.3. The number of nitrogens with one attached hydrogen (secondary N) is 1. The number of hydrogen-bond acceptors (Lipinski definition) is 3. The quantitative estimate of drug-likeness (QED) is 0.469. The van der Waals surface area contributed by atoms with Crippen LogP contribution in [0.4, 0.5) is 0 Å². The fourth-order valence-corrected chi connectivity index (χ4v) is 1.83. The summed E-state index contributed by atoms with van der Waals surface area (Å²) in [4.78, 5) is 14.6. The molecule has 0 saturated carbocycles. The van der Waals surface area contributed by atoms with Crippen LogP contribution in [-0.4, -0.2) is 18.1 Å². The lowest BCUT2D eigenvalue weighted by molar-refractivity contribution is -0.111. The topological polar surface area (TPSA) is 51.2 Å². The third-order valence-electron chi connectivity index (χ3n) is 2.74. The van der Waals surface area contributed by atoms with Crippen LogP contribution in [-0.2, 0) is 16.0 Å². The van der Waals surface area contributed by atoms with E-state index in [0.717, 1.165) is 11.3 Å². The Labute approximate surface area is 112 Å². The minimum absolute atomic E-state index is 0.122. The summed E-state index contributed by atoms with van der Waals surface area (Å²) in [6.07, 6.45) is 2.94. The Hall–Kier alpha value is -2.20. The van der Waals surface area contributed by atoms with Crippen LogP contribution in [0.15, 0.2) is 54.7 Å². The highest BCUT2D eigenvalue weighted by molar-refractivity contribution is 5.45. The zero-order valence-corrected chi connectivity index (χ0v) is 10.5. The molecule has 0 aliphatic carbocycles. The number of aromatic nitrogens is 1.